The first kappa shape index (κ1) is 17.4. The summed E-state index contributed by atoms with van der Waals surface area (Å²) in [5, 5.41) is 9.45. The van der Waals surface area contributed by atoms with Gasteiger partial charge in [-0.3, -0.25) is 0 Å². The molecule has 1 aliphatic heterocycles. The number of aromatic carboxylic acids is 1. The Morgan fingerprint density at radius 1 is 1.36 bits per heavy atom. The maximum Gasteiger partial charge on any atom is 0.339 e. The molecule has 0 spiro atoms. The SMILES string of the molecule is CN(C)c1ncc(-c2cccc(COC3CCOC3)c2)cc1C(=O)O. The third kappa shape index (κ3) is 4.15. The summed E-state index contributed by atoms with van der Waals surface area (Å²) < 4.78 is 11.2. The number of carbonyl (C=O) groups is 1. The van der Waals surface area contributed by atoms with E-state index in [-0.39, 0.29) is 11.7 Å². The Balaban J connectivity index is 1.82. The summed E-state index contributed by atoms with van der Waals surface area (Å²) in [4.78, 5) is 17.5. The molecule has 0 radical (unpaired) electrons. The molecular weight excluding hydrogens is 320 g/mol. The minimum absolute atomic E-state index is 0.156. The third-order valence-electron chi connectivity index (χ3n) is 4.15. The van der Waals surface area contributed by atoms with Gasteiger partial charge >= 0.3 is 5.97 Å². The molecule has 0 amide bonds. The lowest BCUT2D eigenvalue weighted by Gasteiger charge is -2.15. The van der Waals surface area contributed by atoms with Gasteiger partial charge in [-0.05, 0) is 29.7 Å². The Hall–Kier alpha value is -2.44. The molecule has 132 valence electrons. The lowest BCUT2D eigenvalue weighted by atomic mass is 10.0. The van der Waals surface area contributed by atoms with Gasteiger partial charge in [0.15, 0.2) is 0 Å². The van der Waals surface area contributed by atoms with Crippen LogP contribution >= 0.6 is 0 Å². The highest BCUT2D eigenvalue weighted by atomic mass is 16.5. The van der Waals surface area contributed by atoms with Gasteiger partial charge in [0.1, 0.15) is 11.4 Å². The first-order valence-electron chi connectivity index (χ1n) is 8.24. The summed E-state index contributed by atoms with van der Waals surface area (Å²) in [5.74, 6) is -0.546. The highest BCUT2D eigenvalue weighted by Crippen LogP contribution is 2.25. The number of aromatic nitrogens is 1. The van der Waals surface area contributed by atoms with Crippen LogP contribution in [0.15, 0.2) is 36.5 Å². The van der Waals surface area contributed by atoms with E-state index in [0.717, 1.165) is 29.7 Å². The fraction of sp³-hybridized carbons (Fsp3) is 0.368. The van der Waals surface area contributed by atoms with Gasteiger partial charge in [0.05, 0.1) is 19.3 Å². The molecule has 1 aromatic carbocycles. The quantitative estimate of drug-likeness (QED) is 0.870. The zero-order chi connectivity index (χ0) is 17.8. The van der Waals surface area contributed by atoms with Crippen molar-refractivity contribution in [1.29, 1.82) is 0 Å². The van der Waals surface area contributed by atoms with Crippen molar-refractivity contribution in [2.45, 2.75) is 19.1 Å². The lowest BCUT2D eigenvalue weighted by Crippen LogP contribution is -2.15. The van der Waals surface area contributed by atoms with Gasteiger partial charge < -0.3 is 19.5 Å². The Morgan fingerprint density at radius 3 is 2.88 bits per heavy atom. The second-order valence-electron chi connectivity index (χ2n) is 6.29. The second-order valence-corrected chi connectivity index (χ2v) is 6.29. The van der Waals surface area contributed by atoms with Crippen LogP contribution < -0.4 is 4.90 Å². The minimum atomic E-state index is -0.987. The number of anilines is 1. The second kappa shape index (κ2) is 7.63. The van der Waals surface area contributed by atoms with Gasteiger partial charge in [0.2, 0.25) is 0 Å². The van der Waals surface area contributed by atoms with Gasteiger partial charge in [-0.1, -0.05) is 18.2 Å². The summed E-state index contributed by atoms with van der Waals surface area (Å²) >= 11 is 0. The van der Waals surface area contributed by atoms with Crippen molar-refractivity contribution in [1.82, 2.24) is 4.98 Å². The van der Waals surface area contributed by atoms with Crippen molar-refractivity contribution in [3.8, 4) is 11.1 Å². The van der Waals surface area contributed by atoms with E-state index in [9.17, 15) is 9.90 Å². The fourth-order valence-electron chi connectivity index (χ4n) is 2.83. The first-order chi connectivity index (χ1) is 12.0. The molecule has 0 bridgehead atoms. The molecule has 1 atom stereocenters. The first-order valence-corrected chi connectivity index (χ1v) is 8.24. The summed E-state index contributed by atoms with van der Waals surface area (Å²) in [5.41, 5.74) is 2.92. The molecule has 1 aliphatic rings. The molecule has 25 heavy (non-hydrogen) atoms. The molecular formula is C19H22N2O4. The molecule has 3 rings (SSSR count). The molecule has 6 heteroatoms. The molecule has 0 aliphatic carbocycles. The highest BCUT2D eigenvalue weighted by Gasteiger charge is 2.17. The van der Waals surface area contributed by atoms with Crippen LogP contribution in [-0.4, -0.2) is 49.5 Å². The maximum absolute atomic E-state index is 11.5. The lowest BCUT2D eigenvalue weighted by molar-refractivity contribution is 0.0318. The van der Waals surface area contributed by atoms with Crippen molar-refractivity contribution >= 4 is 11.8 Å². The standard InChI is InChI=1S/C19H22N2O4/c1-21(2)18-17(19(22)23)9-15(10-20-18)14-5-3-4-13(8-14)11-25-16-6-7-24-12-16/h3-5,8-10,16H,6-7,11-12H2,1-2H3,(H,22,23). The van der Waals surface area contributed by atoms with Crippen molar-refractivity contribution in [2.75, 3.05) is 32.2 Å². The van der Waals surface area contributed by atoms with Crippen LogP contribution in [0.5, 0.6) is 0 Å². The third-order valence-corrected chi connectivity index (χ3v) is 4.15. The summed E-state index contributed by atoms with van der Waals surface area (Å²) in [7, 11) is 3.55. The number of carboxylic acids is 1. The fourth-order valence-corrected chi connectivity index (χ4v) is 2.83. The number of nitrogens with zero attached hydrogens (tertiary/aromatic N) is 2. The molecule has 6 nitrogen and oxygen atoms in total. The van der Waals surface area contributed by atoms with Gasteiger partial charge in [-0.25, -0.2) is 9.78 Å². The van der Waals surface area contributed by atoms with Crippen molar-refractivity contribution in [2.24, 2.45) is 0 Å². The number of pyridine rings is 1. The monoisotopic (exact) mass is 342 g/mol. The topological polar surface area (TPSA) is 71.9 Å². The largest absolute Gasteiger partial charge is 0.478 e. The van der Waals surface area contributed by atoms with Gasteiger partial charge in [-0.2, -0.15) is 0 Å². The van der Waals surface area contributed by atoms with Gasteiger partial charge in [0, 0.05) is 32.5 Å². The molecule has 1 saturated heterocycles. The van der Waals surface area contributed by atoms with E-state index in [4.69, 9.17) is 9.47 Å². The van der Waals surface area contributed by atoms with E-state index in [2.05, 4.69) is 4.98 Å². The van der Waals surface area contributed by atoms with Crippen LogP contribution in [0, 0.1) is 0 Å². The Kier molecular flexibility index (Phi) is 5.31. The molecule has 0 saturated carbocycles. The van der Waals surface area contributed by atoms with Crippen LogP contribution in [0.3, 0.4) is 0 Å². The summed E-state index contributed by atoms with van der Waals surface area (Å²) in [6.45, 7) is 1.92. The number of hydrogen-bond acceptors (Lipinski definition) is 5. The maximum atomic E-state index is 11.5. The molecule has 1 fully saturated rings. The number of hydrogen-bond donors (Lipinski definition) is 1. The van der Waals surface area contributed by atoms with Crippen LogP contribution in [-0.2, 0) is 16.1 Å². The van der Waals surface area contributed by atoms with E-state index < -0.39 is 5.97 Å². The molecule has 1 aromatic heterocycles. The van der Waals surface area contributed by atoms with E-state index in [1.54, 1.807) is 31.3 Å². The molecule has 1 unspecified atom stereocenters. The van der Waals surface area contributed by atoms with E-state index >= 15 is 0 Å². The molecule has 2 heterocycles. The number of rotatable bonds is 6. The number of ether oxygens (including phenoxy) is 2. The highest BCUT2D eigenvalue weighted by molar-refractivity contribution is 5.94. The van der Waals surface area contributed by atoms with E-state index in [1.165, 1.54) is 0 Å². The van der Waals surface area contributed by atoms with Crippen LogP contribution in [0.4, 0.5) is 5.82 Å². The van der Waals surface area contributed by atoms with E-state index in [0.29, 0.717) is 19.0 Å². The normalized spacial score (nSPS) is 16.8. The Morgan fingerprint density at radius 2 is 2.20 bits per heavy atom. The smallest absolute Gasteiger partial charge is 0.339 e. The van der Waals surface area contributed by atoms with Crippen molar-refractivity contribution in [3.05, 3.63) is 47.7 Å². The van der Waals surface area contributed by atoms with Gasteiger partial charge in [-0.15, -0.1) is 0 Å². The number of benzene rings is 1. The average Bonchev–Trinajstić information content (AvgIpc) is 3.13. The van der Waals surface area contributed by atoms with Crippen LogP contribution in [0.25, 0.3) is 11.1 Å². The molecule has 2 aromatic rings. The zero-order valence-corrected chi connectivity index (χ0v) is 14.4. The van der Waals surface area contributed by atoms with Crippen molar-refractivity contribution in [3.63, 3.8) is 0 Å². The van der Waals surface area contributed by atoms with Crippen LogP contribution in [0.2, 0.25) is 0 Å². The summed E-state index contributed by atoms with van der Waals surface area (Å²) in [6.07, 6.45) is 2.78. The Bertz CT molecular complexity index is 755. The minimum Gasteiger partial charge on any atom is -0.478 e. The molecule has 1 N–H and O–H groups in total. The number of carboxylic acid groups (broad SMARTS) is 1. The van der Waals surface area contributed by atoms with E-state index in [1.807, 2.05) is 24.3 Å². The summed E-state index contributed by atoms with van der Waals surface area (Å²) in [6, 6.07) is 9.56. The predicted molar refractivity (Wildman–Crippen MR) is 95.0 cm³/mol. The van der Waals surface area contributed by atoms with Crippen molar-refractivity contribution < 1.29 is 19.4 Å². The van der Waals surface area contributed by atoms with Crippen LogP contribution in [0.1, 0.15) is 22.3 Å². The van der Waals surface area contributed by atoms with Gasteiger partial charge in [0.25, 0.3) is 0 Å². The average molecular weight is 342 g/mol. The zero-order valence-electron chi connectivity index (χ0n) is 14.4. The predicted octanol–water partition coefficient (Wildman–Crippen LogP) is 2.82. The Labute approximate surface area is 147 Å².